The van der Waals surface area contributed by atoms with E-state index in [9.17, 15) is 4.79 Å². The van der Waals surface area contributed by atoms with Crippen molar-refractivity contribution in [3.05, 3.63) is 63.5 Å². The third-order valence-electron chi connectivity index (χ3n) is 4.45. The Balaban J connectivity index is 1.78. The zero-order valence-corrected chi connectivity index (χ0v) is 17.3. The number of aryl methyl sites for hydroxylation is 3. The molecule has 0 aliphatic heterocycles. The molecule has 1 aromatic heterocycles. The topological polar surface area (TPSA) is 45.2 Å². The molecule has 1 amide bonds. The molecule has 0 saturated carbocycles. The first-order valence-electron chi connectivity index (χ1n) is 8.94. The summed E-state index contributed by atoms with van der Waals surface area (Å²) in [7, 11) is 4.01. The zero-order chi connectivity index (χ0) is 19.6. The fourth-order valence-electron chi connectivity index (χ4n) is 2.93. The van der Waals surface area contributed by atoms with Gasteiger partial charge in [-0.1, -0.05) is 29.8 Å². The molecule has 3 aromatic rings. The van der Waals surface area contributed by atoms with Crippen molar-refractivity contribution in [1.82, 2.24) is 4.98 Å². The predicted octanol–water partition coefficient (Wildman–Crippen LogP) is 4.98. The van der Waals surface area contributed by atoms with E-state index in [1.54, 1.807) is 11.3 Å². The molecule has 0 bridgehead atoms. The first-order valence-corrected chi connectivity index (χ1v) is 9.76. The van der Waals surface area contributed by atoms with Gasteiger partial charge < -0.3 is 10.2 Å². The Morgan fingerprint density at radius 2 is 1.78 bits per heavy atom. The maximum absolute atomic E-state index is 12.7. The smallest absolute Gasteiger partial charge is 0.229 e. The summed E-state index contributed by atoms with van der Waals surface area (Å²) in [6, 6.07) is 14.3. The van der Waals surface area contributed by atoms with Crippen molar-refractivity contribution < 1.29 is 4.79 Å². The van der Waals surface area contributed by atoms with Gasteiger partial charge in [0.1, 0.15) is 0 Å². The number of rotatable bonds is 5. The average Bonchev–Trinajstić information content (AvgIpc) is 2.97. The van der Waals surface area contributed by atoms with E-state index in [1.807, 2.05) is 45.0 Å². The van der Waals surface area contributed by atoms with Crippen molar-refractivity contribution in [2.24, 2.45) is 0 Å². The number of hydrogen-bond acceptors (Lipinski definition) is 4. The number of hydrogen-bond donors (Lipinski definition) is 1. The van der Waals surface area contributed by atoms with E-state index in [0.29, 0.717) is 6.42 Å². The summed E-state index contributed by atoms with van der Waals surface area (Å²) < 4.78 is 0. The molecule has 0 saturated heterocycles. The molecule has 3 rings (SSSR count). The lowest BCUT2D eigenvalue weighted by atomic mass is 10.1. The first-order chi connectivity index (χ1) is 12.8. The van der Waals surface area contributed by atoms with Crippen LogP contribution in [-0.4, -0.2) is 25.0 Å². The molecule has 140 valence electrons. The second-order valence-electron chi connectivity index (χ2n) is 6.99. The van der Waals surface area contributed by atoms with Crippen LogP contribution in [0, 0.1) is 20.8 Å². The molecule has 0 atom stereocenters. The van der Waals surface area contributed by atoms with Gasteiger partial charge in [-0.05, 0) is 44.5 Å². The second-order valence-corrected chi connectivity index (χ2v) is 8.28. The predicted molar refractivity (Wildman–Crippen MR) is 115 cm³/mol. The van der Waals surface area contributed by atoms with Gasteiger partial charge in [0, 0.05) is 35.9 Å². The Morgan fingerprint density at radius 1 is 1.07 bits per heavy atom. The van der Waals surface area contributed by atoms with E-state index in [1.165, 1.54) is 5.56 Å². The van der Waals surface area contributed by atoms with Gasteiger partial charge in [0.25, 0.3) is 0 Å². The van der Waals surface area contributed by atoms with Crippen LogP contribution >= 0.6 is 11.3 Å². The van der Waals surface area contributed by atoms with Gasteiger partial charge in [0.15, 0.2) is 0 Å². The lowest BCUT2D eigenvalue weighted by Gasteiger charge is -2.15. The molecule has 4 nitrogen and oxygen atoms in total. The van der Waals surface area contributed by atoms with Crippen LogP contribution < -0.4 is 10.2 Å². The lowest BCUT2D eigenvalue weighted by Crippen LogP contribution is -2.15. The molecule has 0 fully saturated rings. The summed E-state index contributed by atoms with van der Waals surface area (Å²) in [4.78, 5) is 20.4. The van der Waals surface area contributed by atoms with E-state index in [4.69, 9.17) is 0 Å². The summed E-state index contributed by atoms with van der Waals surface area (Å²) in [5, 5.41) is 4.02. The minimum absolute atomic E-state index is 0.0206. The highest BCUT2D eigenvalue weighted by atomic mass is 32.1. The van der Waals surface area contributed by atoms with Crippen LogP contribution in [0.25, 0.3) is 11.3 Å². The van der Waals surface area contributed by atoms with Gasteiger partial charge in [0.05, 0.1) is 17.1 Å². The number of nitrogens with zero attached hydrogens (tertiary/aromatic N) is 2. The number of aromatic nitrogens is 1. The second kappa shape index (κ2) is 7.92. The van der Waals surface area contributed by atoms with Gasteiger partial charge in [-0.2, -0.15) is 0 Å². The fourth-order valence-corrected chi connectivity index (χ4v) is 3.89. The molecule has 0 aliphatic carbocycles. The summed E-state index contributed by atoms with van der Waals surface area (Å²) in [6.07, 6.45) is 0.323. The van der Waals surface area contributed by atoms with Crippen molar-refractivity contribution in [1.29, 1.82) is 0 Å². The van der Waals surface area contributed by atoms with Crippen molar-refractivity contribution in [3.63, 3.8) is 0 Å². The van der Waals surface area contributed by atoms with Crippen LogP contribution in [-0.2, 0) is 11.2 Å². The molecule has 27 heavy (non-hydrogen) atoms. The summed E-state index contributed by atoms with van der Waals surface area (Å²) >= 11 is 1.58. The van der Waals surface area contributed by atoms with Gasteiger partial charge in [-0.3, -0.25) is 4.79 Å². The summed E-state index contributed by atoms with van der Waals surface area (Å²) in [5.74, 6) is -0.0206. The van der Waals surface area contributed by atoms with Crippen LogP contribution in [0.3, 0.4) is 0 Å². The Hall–Kier alpha value is -2.66. The van der Waals surface area contributed by atoms with Crippen LogP contribution in [0.4, 0.5) is 11.4 Å². The maximum atomic E-state index is 12.7. The van der Waals surface area contributed by atoms with E-state index in [0.717, 1.165) is 38.1 Å². The van der Waals surface area contributed by atoms with Crippen molar-refractivity contribution >= 4 is 28.6 Å². The Labute approximate surface area is 164 Å². The van der Waals surface area contributed by atoms with Crippen LogP contribution in [0.1, 0.15) is 21.0 Å². The van der Waals surface area contributed by atoms with Gasteiger partial charge in [0.2, 0.25) is 5.91 Å². The molecule has 2 aromatic carbocycles. The molecule has 0 aliphatic rings. The van der Waals surface area contributed by atoms with Crippen molar-refractivity contribution in [2.75, 3.05) is 24.3 Å². The number of benzene rings is 2. The van der Waals surface area contributed by atoms with Crippen LogP contribution in [0.2, 0.25) is 0 Å². The van der Waals surface area contributed by atoms with E-state index in [2.05, 4.69) is 47.6 Å². The van der Waals surface area contributed by atoms with Crippen molar-refractivity contribution in [2.45, 2.75) is 27.2 Å². The summed E-state index contributed by atoms with van der Waals surface area (Å²) in [6.45, 7) is 6.05. The molecule has 1 N–H and O–H groups in total. The monoisotopic (exact) mass is 379 g/mol. The molecule has 5 heteroatoms. The number of carbonyl (C=O) groups excluding carboxylic acids is 1. The Morgan fingerprint density at radius 3 is 2.41 bits per heavy atom. The highest BCUT2D eigenvalue weighted by Crippen LogP contribution is 2.29. The molecular weight excluding hydrogens is 354 g/mol. The molecule has 0 radical (unpaired) electrons. The minimum atomic E-state index is -0.0206. The standard InChI is InChI=1S/C22H25N3OS/c1-14-6-8-17(9-7-14)22-20(27-16(3)23-22)13-21(26)24-19-11-10-18(25(4)5)12-15(19)2/h6-12H,13H2,1-5H3,(H,24,26). The highest BCUT2D eigenvalue weighted by molar-refractivity contribution is 7.12. The van der Waals surface area contributed by atoms with Gasteiger partial charge in [-0.25, -0.2) is 4.98 Å². The van der Waals surface area contributed by atoms with Gasteiger partial charge in [-0.15, -0.1) is 11.3 Å². The highest BCUT2D eigenvalue weighted by Gasteiger charge is 2.15. The summed E-state index contributed by atoms with van der Waals surface area (Å²) in [5.41, 5.74) is 6.19. The Bertz CT molecular complexity index is 958. The Kier molecular flexibility index (Phi) is 5.61. The van der Waals surface area contributed by atoms with Gasteiger partial charge >= 0.3 is 0 Å². The minimum Gasteiger partial charge on any atom is -0.378 e. The molecule has 1 heterocycles. The lowest BCUT2D eigenvalue weighted by molar-refractivity contribution is -0.115. The number of carbonyl (C=O) groups is 1. The number of nitrogens with one attached hydrogen (secondary N) is 1. The largest absolute Gasteiger partial charge is 0.378 e. The molecule has 0 spiro atoms. The first kappa shape index (κ1) is 19.1. The third kappa shape index (κ3) is 4.55. The molecule has 0 unspecified atom stereocenters. The fraction of sp³-hybridized carbons (Fsp3) is 0.273. The average molecular weight is 380 g/mol. The van der Waals surface area contributed by atoms with E-state index in [-0.39, 0.29) is 5.91 Å². The molecular formula is C22H25N3OS. The number of anilines is 2. The van der Waals surface area contributed by atoms with Crippen LogP contribution in [0.5, 0.6) is 0 Å². The van der Waals surface area contributed by atoms with E-state index >= 15 is 0 Å². The van der Waals surface area contributed by atoms with Crippen LogP contribution in [0.15, 0.2) is 42.5 Å². The quantitative estimate of drug-likeness (QED) is 0.680. The number of amides is 1. The maximum Gasteiger partial charge on any atom is 0.229 e. The third-order valence-corrected chi connectivity index (χ3v) is 5.42. The SMILES string of the molecule is Cc1ccc(-c2nc(C)sc2CC(=O)Nc2ccc(N(C)C)cc2C)cc1. The normalized spacial score (nSPS) is 10.7. The van der Waals surface area contributed by atoms with Crippen molar-refractivity contribution in [3.8, 4) is 11.3 Å². The van der Waals surface area contributed by atoms with E-state index < -0.39 is 0 Å². The number of thiazole rings is 1. The zero-order valence-electron chi connectivity index (χ0n) is 16.5.